The summed E-state index contributed by atoms with van der Waals surface area (Å²) in [6.45, 7) is 4.84. The third-order valence-electron chi connectivity index (χ3n) is 4.50. The van der Waals surface area contributed by atoms with E-state index in [1.54, 1.807) is 6.07 Å². The molecule has 1 saturated heterocycles. The van der Waals surface area contributed by atoms with Crippen LogP contribution in [0.4, 0.5) is 4.39 Å². The first-order valence-electron chi connectivity index (χ1n) is 7.85. The van der Waals surface area contributed by atoms with Gasteiger partial charge in [0, 0.05) is 12.6 Å². The largest absolute Gasteiger partial charge is 0.480 e. The van der Waals surface area contributed by atoms with E-state index in [1.165, 1.54) is 11.6 Å². The number of halogens is 1. The molecule has 1 aromatic carbocycles. The third kappa shape index (κ3) is 4.78. The number of likely N-dealkylation sites (tertiary alicyclic amines) is 1. The monoisotopic (exact) mass is 308 g/mol. The zero-order valence-corrected chi connectivity index (χ0v) is 13.4. The van der Waals surface area contributed by atoms with Crippen LogP contribution in [-0.4, -0.2) is 53.6 Å². The Morgan fingerprint density at radius 2 is 2.18 bits per heavy atom. The van der Waals surface area contributed by atoms with Crippen LogP contribution in [-0.2, 0) is 11.3 Å². The lowest BCUT2D eigenvalue weighted by atomic mass is 10.1. The molecule has 0 radical (unpaired) electrons. The fourth-order valence-electron chi connectivity index (χ4n) is 3.16. The Labute approximate surface area is 131 Å². The number of hydrogen-bond donors (Lipinski definition) is 1. The highest BCUT2D eigenvalue weighted by Gasteiger charge is 2.21. The van der Waals surface area contributed by atoms with Crippen LogP contribution in [0.5, 0.6) is 0 Å². The van der Waals surface area contributed by atoms with Gasteiger partial charge in [0.05, 0.1) is 6.54 Å². The summed E-state index contributed by atoms with van der Waals surface area (Å²) in [5, 5.41) is 8.90. The van der Waals surface area contributed by atoms with E-state index >= 15 is 0 Å². The molecule has 0 saturated carbocycles. The van der Waals surface area contributed by atoms with Crippen molar-refractivity contribution in [3.63, 3.8) is 0 Å². The van der Waals surface area contributed by atoms with Crippen molar-refractivity contribution in [3.8, 4) is 0 Å². The molecule has 1 heterocycles. The number of rotatable bonds is 5. The van der Waals surface area contributed by atoms with Gasteiger partial charge >= 0.3 is 5.97 Å². The molecule has 5 heteroatoms. The molecular weight excluding hydrogens is 283 g/mol. The van der Waals surface area contributed by atoms with Gasteiger partial charge in [-0.25, -0.2) is 4.39 Å². The molecule has 1 aromatic rings. The van der Waals surface area contributed by atoms with Crippen LogP contribution >= 0.6 is 0 Å². The molecule has 0 aliphatic carbocycles. The molecule has 22 heavy (non-hydrogen) atoms. The number of aliphatic carboxylic acids is 1. The molecule has 4 nitrogen and oxygen atoms in total. The number of likely N-dealkylation sites (N-methyl/N-ethyl adjacent to an activating group) is 1. The number of carboxylic acids is 1. The second kappa shape index (κ2) is 7.70. The van der Waals surface area contributed by atoms with Gasteiger partial charge < -0.3 is 5.11 Å². The van der Waals surface area contributed by atoms with Gasteiger partial charge in [-0.15, -0.1) is 0 Å². The summed E-state index contributed by atoms with van der Waals surface area (Å²) in [5.41, 5.74) is 2.16. The number of carboxylic acid groups (broad SMARTS) is 1. The summed E-state index contributed by atoms with van der Waals surface area (Å²) in [4.78, 5) is 15.1. The summed E-state index contributed by atoms with van der Waals surface area (Å²) >= 11 is 0. The first-order chi connectivity index (χ1) is 10.5. The Kier molecular flexibility index (Phi) is 5.91. The molecule has 1 atom stereocenters. The zero-order chi connectivity index (χ0) is 16.1. The van der Waals surface area contributed by atoms with Crippen molar-refractivity contribution in [2.75, 3.05) is 26.7 Å². The van der Waals surface area contributed by atoms with E-state index in [0.29, 0.717) is 6.04 Å². The fraction of sp³-hybridized carbons (Fsp3) is 0.588. The quantitative estimate of drug-likeness (QED) is 0.908. The van der Waals surface area contributed by atoms with Crippen molar-refractivity contribution in [1.82, 2.24) is 9.80 Å². The summed E-state index contributed by atoms with van der Waals surface area (Å²) in [6, 6.07) is 5.29. The van der Waals surface area contributed by atoms with E-state index in [2.05, 4.69) is 4.90 Å². The highest BCUT2D eigenvalue weighted by molar-refractivity contribution is 5.69. The fourth-order valence-corrected chi connectivity index (χ4v) is 3.16. The van der Waals surface area contributed by atoms with Gasteiger partial charge in [-0.1, -0.05) is 6.07 Å². The maximum Gasteiger partial charge on any atom is 0.317 e. The molecule has 0 aromatic heterocycles. The predicted molar refractivity (Wildman–Crippen MR) is 84.3 cm³/mol. The molecule has 1 unspecified atom stereocenters. The first-order valence-corrected chi connectivity index (χ1v) is 7.85. The number of aryl methyl sites for hydroxylation is 1. The molecule has 1 N–H and O–H groups in total. The van der Waals surface area contributed by atoms with E-state index < -0.39 is 5.97 Å². The summed E-state index contributed by atoms with van der Waals surface area (Å²) < 4.78 is 13.2. The second-order valence-electron chi connectivity index (χ2n) is 6.24. The van der Waals surface area contributed by atoms with Crippen LogP contribution in [0.3, 0.4) is 0 Å². The summed E-state index contributed by atoms with van der Waals surface area (Å²) in [7, 11) is 1.89. The minimum absolute atomic E-state index is 0.0989. The van der Waals surface area contributed by atoms with Crippen LogP contribution in [0.15, 0.2) is 18.2 Å². The smallest absolute Gasteiger partial charge is 0.317 e. The lowest BCUT2D eigenvalue weighted by Gasteiger charge is -2.25. The van der Waals surface area contributed by atoms with Gasteiger partial charge in [-0.2, -0.15) is 0 Å². The Balaban J connectivity index is 1.91. The van der Waals surface area contributed by atoms with Gasteiger partial charge in [-0.3, -0.25) is 14.6 Å². The SMILES string of the molecule is Cc1cc(F)ccc1CN1CCCC(N(C)CC(=O)O)CC1. The van der Waals surface area contributed by atoms with E-state index in [9.17, 15) is 9.18 Å². The van der Waals surface area contributed by atoms with Crippen molar-refractivity contribution >= 4 is 5.97 Å². The third-order valence-corrected chi connectivity index (χ3v) is 4.50. The average Bonchev–Trinajstić information content (AvgIpc) is 2.67. The molecule has 0 bridgehead atoms. The second-order valence-corrected chi connectivity index (χ2v) is 6.24. The number of benzene rings is 1. The molecule has 122 valence electrons. The maximum absolute atomic E-state index is 13.2. The van der Waals surface area contributed by atoms with Gasteiger partial charge in [0.15, 0.2) is 0 Å². The molecule has 1 aliphatic heterocycles. The van der Waals surface area contributed by atoms with Gasteiger partial charge in [0.1, 0.15) is 5.82 Å². The maximum atomic E-state index is 13.2. The topological polar surface area (TPSA) is 43.8 Å². The number of nitrogens with zero attached hydrogens (tertiary/aromatic N) is 2. The van der Waals surface area contributed by atoms with Crippen LogP contribution < -0.4 is 0 Å². The minimum Gasteiger partial charge on any atom is -0.480 e. The van der Waals surface area contributed by atoms with Gasteiger partial charge in [0.25, 0.3) is 0 Å². The van der Waals surface area contributed by atoms with Crippen molar-refractivity contribution < 1.29 is 14.3 Å². The van der Waals surface area contributed by atoms with Gasteiger partial charge in [0.2, 0.25) is 0 Å². The first kappa shape index (κ1) is 16.9. The molecule has 1 fully saturated rings. The highest BCUT2D eigenvalue weighted by Crippen LogP contribution is 2.19. The Morgan fingerprint density at radius 1 is 1.41 bits per heavy atom. The van der Waals surface area contributed by atoms with Crippen LogP contribution in [0.2, 0.25) is 0 Å². The standard InChI is InChI=1S/C17H25FN2O2/c1-13-10-15(18)6-5-14(13)11-20-8-3-4-16(7-9-20)19(2)12-17(21)22/h5-6,10,16H,3-4,7-9,11-12H2,1-2H3,(H,21,22). The Hall–Kier alpha value is -1.46. The van der Waals surface area contributed by atoms with Crippen molar-refractivity contribution in [1.29, 1.82) is 0 Å². The van der Waals surface area contributed by atoms with Crippen LogP contribution in [0.1, 0.15) is 30.4 Å². The Bertz CT molecular complexity index is 521. The minimum atomic E-state index is -0.773. The molecule has 0 spiro atoms. The van der Waals surface area contributed by atoms with E-state index in [-0.39, 0.29) is 12.4 Å². The lowest BCUT2D eigenvalue weighted by Crippen LogP contribution is -2.36. The van der Waals surface area contributed by atoms with Crippen molar-refractivity contribution in [2.24, 2.45) is 0 Å². The van der Waals surface area contributed by atoms with Crippen molar-refractivity contribution in [2.45, 2.75) is 38.8 Å². The van der Waals surface area contributed by atoms with Crippen LogP contribution in [0, 0.1) is 12.7 Å². The Morgan fingerprint density at radius 3 is 2.86 bits per heavy atom. The normalized spacial score (nSPS) is 20.1. The van der Waals surface area contributed by atoms with E-state index in [0.717, 1.165) is 44.5 Å². The molecule has 0 amide bonds. The molecular formula is C17H25FN2O2. The van der Waals surface area contributed by atoms with Gasteiger partial charge in [-0.05, 0) is 69.6 Å². The number of hydrogen-bond acceptors (Lipinski definition) is 3. The van der Waals surface area contributed by atoms with E-state index in [4.69, 9.17) is 5.11 Å². The molecule has 1 aliphatic rings. The lowest BCUT2D eigenvalue weighted by molar-refractivity contribution is -0.138. The average molecular weight is 308 g/mol. The molecule has 2 rings (SSSR count). The summed E-state index contributed by atoms with van der Waals surface area (Å²) in [6.07, 6.45) is 3.07. The van der Waals surface area contributed by atoms with E-state index in [1.807, 2.05) is 24.9 Å². The zero-order valence-electron chi connectivity index (χ0n) is 13.4. The predicted octanol–water partition coefficient (Wildman–Crippen LogP) is 2.51. The number of carbonyl (C=O) groups is 1. The van der Waals surface area contributed by atoms with Crippen molar-refractivity contribution in [3.05, 3.63) is 35.1 Å². The highest BCUT2D eigenvalue weighted by atomic mass is 19.1. The summed E-state index contributed by atoms with van der Waals surface area (Å²) in [5.74, 6) is -0.960. The van der Waals surface area contributed by atoms with Crippen LogP contribution in [0.25, 0.3) is 0 Å².